The molecule has 0 aromatic heterocycles. The lowest BCUT2D eigenvalue weighted by molar-refractivity contribution is -0.127. The number of nitrogens with one attached hydrogen (secondary N) is 1. The molecule has 0 saturated carbocycles. The third kappa shape index (κ3) is 2.30. The van der Waals surface area contributed by atoms with Gasteiger partial charge in [-0.15, -0.1) is 0 Å². The van der Waals surface area contributed by atoms with Crippen molar-refractivity contribution in [3.05, 3.63) is 12.7 Å². The maximum absolute atomic E-state index is 11.1. The predicted octanol–water partition coefficient (Wildman–Crippen LogP) is -0.977. The summed E-state index contributed by atoms with van der Waals surface area (Å²) < 4.78 is 0. The van der Waals surface area contributed by atoms with Crippen LogP contribution in [0.5, 0.6) is 0 Å². The SMILES string of the molecule is C=CC(=O)NCC(=O)N1CC1C#N. The van der Waals surface area contributed by atoms with Crippen molar-refractivity contribution in [1.82, 2.24) is 10.2 Å². The molecule has 0 bridgehead atoms. The fourth-order valence-electron chi connectivity index (χ4n) is 0.862. The standard InChI is InChI=1S/C8H9N3O2/c1-2-7(12)10-4-8(13)11-5-6(11)3-9/h2,6H,1,4-5H2,(H,10,12). The van der Waals surface area contributed by atoms with Gasteiger partial charge in [-0.1, -0.05) is 6.58 Å². The van der Waals surface area contributed by atoms with E-state index >= 15 is 0 Å². The molecule has 0 aromatic carbocycles. The van der Waals surface area contributed by atoms with Crippen LogP contribution in [0.15, 0.2) is 12.7 Å². The van der Waals surface area contributed by atoms with Gasteiger partial charge >= 0.3 is 0 Å². The highest BCUT2D eigenvalue weighted by atomic mass is 16.2. The molecule has 2 amide bonds. The van der Waals surface area contributed by atoms with Crippen LogP contribution in [-0.2, 0) is 9.59 Å². The monoisotopic (exact) mass is 179 g/mol. The van der Waals surface area contributed by atoms with Crippen LogP contribution in [-0.4, -0.2) is 35.8 Å². The number of nitriles is 1. The molecular formula is C8H9N3O2. The van der Waals surface area contributed by atoms with Crippen molar-refractivity contribution in [3.63, 3.8) is 0 Å². The van der Waals surface area contributed by atoms with E-state index in [4.69, 9.17) is 5.26 Å². The van der Waals surface area contributed by atoms with Gasteiger partial charge in [-0.2, -0.15) is 5.26 Å². The Balaban J connectivity index is 2.24. The van der Waals surface area contributed by atoms with Gasteiger partial charge in [-0.3, -0.25) is 9.59 Å². The molecule has 1 unspecified atom stereocenters. The van der Waals surface area contributed by atoms with Crippen molar-refractivity contribution < 1.29 is 9.59 Å². The number of rotatable bonds is 3. The Morgan fingerprint density at radius 2 is 2.46 bits per heavy atom. The van der Waals surface area contributed by atoms with Crippen LogP contribution in [0.1, 0.15) is 0 Å². The Bertz CT molecular complexity index is 292. The summed E-state index contributed by atoms with van der Waals surface area (Å²) in [6, 6.07) is 1.65. The van der Waals surface area contributed by atoms with Crippen molar-refractivity contribution in [2.45, 2.75) is 6.04 Å². The summed E-state index contributed by atoms with van der Waals surface area (Å²) in [5.74, 6) is -0.620. The summed E-state index contributed by atoms with van der Waals surface area (Å²) in [7, 11) is 0. The number of amides is 2. The normalized spacial score (nSPS) is 18.7. The smallest absolute Gasteiger partial charge is 0.243 e. The summed E-state index contributed by atoms with van der Waals surface area (Å²) in [6.45, 7) is 3.65. The first kappa shape index (κ1) is 9.26. The quantitative estimate of drug-likeness (QED) is 0.447. The van der Waals surface area contributed by atoms with Crippen LogP contribution in [0.3, 0.4) is 0 Å². The molecule has 1 rings (SSSR count). The third-order valence-corrected chi connectivity index (χ3v) is 1.68. The molecule has 0 aromatic rings. The third-order valence-electron chi connectivity index (χ3n) is 1.68. The zero-order chi connectivity index (χ0) is 9.84. The van der Waals surface area contributed by atoms with Crippen LogP contribution < -0.4 is 5.32 Å². The molecular weight excluding hydrogens is 170 g/mol. The lowest BCUT2D eigenvalue weighted by Crippen LogP contribution is -2.32. The van der Waals surface area contributed by atoms with E-state index in [-0.39, 0.29) is 24.4 Å². The molecule has 1 atom stereocenters. The summed E-state index contributed by atoms with van der Waals surface area (Å²) in [4.78, 5) is 23.2. The van der Waals surface area contributed by atoms with Crippen LogP contribution >= 0.6 is 0 Å². The lowest BCUT2D eigenvalue weighted by atomic mass is 10.5. The summed E-state index contributed by atoms with van der Waals surface area (Å²) in [6.07, 6.45) is 1.09. The molecule has 5 nitrogen and oxygen atoms in total. The van der Waals surface area contributed by atoms with E-state index in [0.29, 0.717) is 6.54 Å². The van der Waals surface area contributed by atoms with E-state index in [0.717, 1.165) is 6.08 Å². The van der Waals surface area contributed by atoms with Crippen molar-refractivity contribution in [1.29, 1.82) is 5.26 Å². The average molecular weight is 179 g/mol. The van der Waals surface area contributed by atoms with E-state index < -0.39 is 0 Å². The van der Waals surface area contributed by atoms with E-state index in [9.17, 15) is 9.59 Å². The molecule has 0 radical (unpaired) electrons. The maximum atomic E-state index is 11.1. The Kier molecular flexibility index (Phi) is 2.65. The minimum Gasteiger partial charge on any atom is -0.343 e. The van der Waals surface area contributed by atoms with Crippen molar-refractivity contribution in [2.75, 3.05) is 13.1 Å². The molecule has 0 aliphatic carbocycles. The predicted molar refractivity (Wildman–Crippen MR) is 44.3 cm³/mol. The number of carbonyl (C=O) groups is 2. The number of hydrogen-bond acceptors (Lipinski definition) is 3. The van der Waals surface area contributed by atoms with Gasteiger partial charge in [0.2, 0.25) is 11.8 Å². The maximum Gasteiger partial charge on any atom is 0.243 e. The van der Waals surface area contributed by atoms with Crippen LogP contribution in [0.25, 0.3) is 0 Å². The second kappa shape index (κ2) is 3.72. The Hall–Kier alpha value is -1.83. The molecule has 1 heterocycles. The van der Waals surface area contributed by atoms with Gasteiger partial charge in [0.05, 0.1) is 19.2 Å². The van der Waals surface area contributed by atoms with Crippen molar-refractivity contribution in [2.24, 2.45) is 0 Å². The van der Waals surface area contributed by atoms with Gasteiger partial charge < -0.3 is 10.2 Å². The van der Waals surface area contributed by atoms with Crippen LogP contribution in [0.4, 0.5) is 0 Å². The highest BCUT2D eigenvalue weighted by molar-refractivity contribution is 5.91. The summed E-state index contributed by atoms with van der Waals surface area (Å²) in [5, 5.41) is 10.7. The summed E-state index contributed by atoms with van der Waals surface area (Å²) in [5.41, 5.74) is 0. The number of carbonyl (C=O) groups excluding carboxylic acids is 2. The number of nitrogens with zero attached hydrogens (tertiary/aromatic N) is 2. The second-order valence-electron chi connectivity index (χ2n) is 2.61. The minimum absolute atomic E-state index is 0.0664. The fourth-order valence-corrected chi connectivity index (χ4v) is 0.862. The minimum atomic E-state index is -0.385. The summed E-state index contributed by atoms with van der Waals surface area (Å²) >= 11 is 0. The van der Waals surface area contributed by atoms with E-state index in [1.165, 1.54) is 4.90 Å². The molecule has 1 aliphatic rings. The largest absolute Gasteiger partial charge is 0.343 e. The highest BCUT2D eigenvalue weighted by Gasteiger charge is 2.37. The average Bonchev–Trinajstić information content (AvgIpc) is 2.92. The molecule has 1 fully saturated rings. The van der Waals surface area contributed by atoms with Gasteiger partial charge in [0.15, 0.2) is 0 Å². The Labute approximate surface area is 75.6 Å². The molecule has 68 valence electrons. The van der Waals surface area contributed by atoms with Crippen LogP contribution in [0.2, 0.25) is 0 Å². The van der Waals surface area contributed by atoms with E-state index in [1.807, 2.05) is 6.07 Å². The van der Waals surface area contributed by atoms with Gasteiger partial charge in [-0.05, 0) is 6.08 Å². The molecule has 0 spiro atoms. The zero-order valence-corrected chi connectivity index (χ0v) is 6.99. The Morgan fingerprint density at radius 3 is 2.92 bits per heavy atom. The van der Waals surface area contributed by atoms with Crippen molar-refractivity contribution in [3.8, 4) is 6.07 Å². The van der Waals surface area contributed by atoms with E-state index in [1.54, 1.807) is 0 Å². The first-order chi connectivity index (χ1) is 6.19. The van der Waals surface area contributed by atoms with Gasteiger partial charge in [0, 0.05) is 0 Å². The molecule has 13 heavy (non-hydrogen) atoms. The lowest BCUT2D eigenvalue weighted by Gasteiger charge is -2.01. The van der Waals surface area contributed by atoms with E-state index in [2.05, 4.69) is 11.9 Å². The van der Waals surface area contributed by atoms with Crippen LogP contribution in [0, 0.1) is 11.3 Å². The van der Waals surface area contributed by atoms with Gasteiger partial charge in [-0.25, -0.2) is 0 Å². The fraction of sp³-hybridized carbons (Fsp3) is 0.375. The zero-order valence-electron chi connectivity index (χ0n) is 6.99. The van der Waals surface area contributed by atoms with Gasteiger partial charge in [0.1, 0.15) is 6.04 Å². The van der Waals surface area contributed by atoms with Crippen molar-refractivity contribution >= 4 is 11.8 Å². The Morgan fingerprint density at radius 1 is 1.77 bits per heavy atom. The molecule has 1 aliphatic heterocycles. The molecule has 5 heteroatoms. The first-order valence-electron chi connectivity index (χ1n) is 3.78. The second-order valence-corrected chi connectivity index (χ2v) is 2.61. The van der Waals surface area contributed by atoms with Gasteiger partial charge in [0.25, 0.3) is 0 Å². The first-order valence-corrected chi connectivity index (χ1v) is 3.78. The molecule has 1 N–H and O–H groups in total. The highest BCUT2D eigenvalue weighted by Crippen LogP contribution is 2.15. The number of hydrogen-bond donors (Lipinski definition) is 1. The topological polar surface area (TPSA) is 73.0 Å². The molecule has 1 saturated heterocycles.